The quantitative estimate of drug-likeness (QED) is 0.867. The summed E-state index contributed by atoms with van der Waals surface area (Å²) in [5.41, 5.74) is 3.24. The Morgan fingerprint density at radius 3 is 2.37 bits per heavy atom. The molecule has 2 aromatic rings. The fraction of sp³-hybridized carbons (Fsp3) is 0.333. The lowest BCUT2D eigenvalue weighted by atomic mass is 9.92. The van der Waals surface area contributed by atoms with Gasteiger partial charge in [-0.1, -0.05) is 38.5 Å². The molecule has 0 aliphatic carbocycles. The molecule has 2 rings (SSSR count). The van der Waals surface area contributed by atoms with Crippen molar-refractivity contribution in [1.29, 1.82) is 0 Å². The fourth-order valence-electron chi connectivity index (χ4n) is 1.65. The van der Waals surface area contributed by atoms with Crippen LogP contribution in [0, 0.1) is 6.92 Å². The summed E-state index contributed by atoms with van der Waals surface area (Å²) in [5.74, 6) is -0.199. The number of nitrogens with one attached hydrogen (secondary N) is 2. The summed E-state index contributed by atoms with van der Waals surface area (Å²) in [7, 11) is 0. The Labute approximate surface area is 113 Å². The van der Waals surface area contributed by atoms with Gasteiger partial charge in [0.05, 0.1) is 0 Å². The smallest absolute Gasteiger partial charge is 0.276 e. The average Bonchev–Trinajstić information content (AvgIpc) is 2.81. The first-order valence-electron chi connectivity index (χ1n) is 6.30. The van der Waals surface area contributed by atoms with Crippen molar-refractivity contribution in [2.75, 3.05) is 5.32 Å². The predicted molar refractivity (Wildman–Crippen MR) is 76.4 cm³/mol. The number of aromatic amines is 1. The number of aryl methyl sites for hydroxylation is 1. The summed E-state index contributed by atoms with van der Waals surface area (Å²) >= 11 is 0. The highest BCUT2D eigenvalue weighted by Crippen LogP contribution is 2.20. The van der Waals surface area contributed by atoms with Crippen LogP contribution >= 0.6 is 0 Å². The third kappa shape index (κ3) is 3.22. The molecule has 1 aromatic heterocycles. The van der Waals surface area contributed by atoms with E-state index in [-0.39, 0.29) is 11.3 Å². The second-order valence-electron chi connectivity index (χ2n) is 5.74. The number of aromatic nitrogens is 2. The molecule has 19 heavy (non-hydrogen) atoms. The summed E-state index contributed by atoms with van der Waals surface area (Å²) in [5, 5.41) is 9.80. The molecule has 0 radical (unpaired) electrons. The van der Waals surface area contributed by atoms with Crippen LogP contribution < -0.4 is 5.32 Å². The average molecular weight is 257 g/mol. The van der Waals surface area contributed by atoms with Crippen molar-refractivity contribution in [2.45, 2.75) is 33.1 Å². The largest absolute Gasteiger partial charge is 0.321 e. The molecular weight excluding hydrogens is 238 g/mol. The molecule has 0 bridgehead atoms. The lowest BCUT2D eigenvalue weighted by Gasteiger charge is -2.14. The minimum Gasteiger partial charge on any atom is -0.321 e. The zero-order valence-corrected chi connectivity index (χ0v) is 11.7. The molecule has 1 amide bonds. The van der Waals surface area contributed by atoms with E-state index in [1.54, 1.807) is 6.07 Å². The molecule has 2 N–H and O–H groups in total. The zero-order valence-electron chi connectivity index (χ0n) is 11.7. The number of amides is 1. The van der Waals surface area contributed by atoms with E-state index in [0.717, 1.165) is 16.9 Å². The third-order valence-corrected chi connectivity index (χ3v) is 2.93. The Bertz CT molecular complexity index is 576. The first kappa shape index (κ1) is 13.3. The summed E-state index contributed by atoms with van der Waals surface area (Å²) in [4.78, 5) is 12.0. The molecule has 0 spiro atoms. The molecule has 4 nitrogen and oxygen atoms in total. The molecular formula is C15H19N3O. The second kappa shape index (κ2) is 4.88. The molecule has 100 valence electrons. The van der Waals surface area contributed by atoms with Crippen LogP contribution in [0.5, 0.6) is 0 Å². The number of hydrogen-bond donors (Lipinski definition) is 2. The van der Waals surface area contributed by atoms with Crippen molar-refractivity contribution in [3.63, 3.8) is 0 Å². The molecule has 0 saturated heterocycles. The van der Waals surface area contributed by atoms with E-state index >= 15 is 0 Å². The van der Waals surface area contributed by atoms with Gasteiger partial charge in [-0.3, -0.25) is 9.89 Å². The van der Waals surface area contributed by atoms with Gasteiger partial charge in [0.2, 0.25) is 0 Å². The highest BCUT2D eigenvalue weighted by molar-refractivity contribution is 6.02. The maximum atomic E-state index is 12.0. The maximum absolute atomic E-state index is 12.0. The maximum Gasteiger partial charge on any atom is 0.276 e. The van der Waals surface area contributed by atoms with E-state index in [1.807, 2.05) is 31.2 Å². The van der Waals surface area contributed by atoms with Crippen molar-refractivity contribution in [2.24, 2.45) is 0 Å². The molecule has 0 fully saturated rings. The molecule has 0 atom stereocenters. The van der Waals surface area contributed by atoms with E-state index in [0.29, 0.717) is 5.69 Å². The summed E-state index contributed by atoms with van der Waals surface area (Å²) in [6.07, 6.45) is 0. The van der Waals surface area contributed by atoms with Crippen LogP contribution in [0.2, 0.25) is 0 Å². The zero-order chi connectivity index (χ0) is 14.0. The van der Waals surface area contributed by atoms with Gasteiger partial charge in [-0.25, -0.2) is 0 Å². The van der Waals surface area contributed by atoms with Gasteiger partial charge in [0.15, 0.2) is 5.69 Å². The SMILES string of the molecule is Cc1ccc(NC(=O)c2cc(C(C)(C)C)[nH]n2)cc1. The number of hydrogen-bond acceptors (Lipinski definition) is 2. The normalized spacial score (nSPS) is 11.4. The first-order valence-corrected chi connectivity index (χ1v) is 6.30. The lowest BCUT2D eigenvalue weighted by Crippen LogP contribution is -2.13. The van der Waals surface area contributed by atoms with Crippen LogP contribution in [-0.4, -0.2) is 16.1 Å². The van der Waals surface area contributed by atoms with Crippen molar-refractivity contribution in [3.8, 4) is 0 Å². The van der Waals surface area contributed by atoms with Crippen LogP contribution in [0.3, 0.4) is 0 Å². The number of carbonyl (C=O) groups is 1. The second-order valence-corrected chi connectivity index (χ2v) is 5.74. The van der Waals surface area contributed by atoms with Gasteiger partial charge < -0.3 is 5.32 Å². The molecule has 1 aromatic carbocycles. The number of benzene rings is 1. The van der Waals surface area contributed by atoms with Gasteiger partial charge in [0.25, 0.3) is 5.91 Å². The summed E-state index contributed by atoms with van der Waals surface area (Å²) < 4.78 is 0. The highest BCUT2D eigenvalue weighted by Gasteiger charge is 2.19. The first-order chi connectivity index (χ1) is 8.86. The summed E-state index contributed by atoms with van der Waals surface area (Å²) in [6, 6.07) is 9.47. The van der Waals surface area contributed by atoms with Gasteiger partial charge in [0, 0.05) is 16.8 Å². The minimum atomic E-state index is -0.199. The van der Waals surface area contributed by atoms with Crippen LogP contribution in [0.15, 0.2) is 30.3 Å². The molecule has 4 heteroatoms. The van der Waals surface area contributed by atoms with Crippen LogP contribution in [-0.2, 0) is 5.41 Å². The van der Waals surface area contributed by atoms with Crippen molar-refractivity contribution in [3.05, 3.63) is 47.3 Å². The standard InChI is InChI=1S/C15H19N3O/c1-10-5-7-11(8-6-10)16-14(19)12-9-13(18-17-12)15(2,3)4/h5-9H,1-4H3,(H,16,19)(H,17,18). The van der Waals surface area contributed by atoms with Crippen molar-refractivity contribution >= 4 is 11.6 Å². The lowest BCUT2D eigenvalue weighted by molar-refractivity contribution is 0.102. The molecule has 1 heterocycles. The topological polar surface area (TPSA) is 57.8 Å². The van der Waals surface area contributed by atoms with Gasteiger partial charge >= 0.3 is 0 Å². The molecule has 0 saturated carbocycles. The Kier molecular flexibility index (Phi) is 3.42. The van der Waals surface area contributed by atoms with E-state index < -0.39 is 0 Å². The van der Waals surface area contributed by atoms with E-state index in [2.05, 4.69) is 36.3 Å². The highest BCUT2D eigenvalue weighted by atomic mass is 16.1. The number of anilines is 1. The number of nitrogens with zero attached hydrogens (tertiary/aromatic N) is 1. The number of carbonyl (C=O) groups excluding carboxylic acids is 1. The van der Waals surface area contributed by atoms with Crippen LogP contribution in [0.1, 0.15) is 42.5 Å². The van der Waals surface area contributed by atoms with E-state index in [4.69, 9.17) is 0 Å². The predicted octanol–water partition coefficient (Wildman–Crippen LogP) is 3.27. The van der Waals surface area contributed by atoms with E-state index in [1.165, 1.54) is 0 Å². The molecule has 0 aliphatic heterocycles. The Hall–Kier alpha value is -2.10. The number of rotatable bonds is 2. The third-order valence-electron chi connectivity index (χ3n) is 2.93. The van der Waals surface area contributed by atoms with Gasteiger partial charge in [-0.15, -0.1) is 0 Å². The Balaban J connectivity index is 2.12. The fourth-order valence-corrected chi connectivity index (χ4v) is 1.65. The van der Waals surface area contributed by atoms with Crippen LogP contribution in [0.4, 0.5) is 5.69 Å². The minimum absolute atomic E-state index is 0.0462. The van der Waals surface area contributed by atoms with Gasteiger partial charge in [-0.05, 0) is 25.1 Å². The van der Waals surface area contributed by atoms with Gasteiger partial charge in [0.1, 0.15) is 0 Å². The van der Waals surface area contributed by atoms with Crippen molar-refractivity contribution < 1.29 is 4.79 Å². The Morgan fingerprint density at radius 1 is 1.21 bits per heavy atom. The summed E-state index contributed by atoms with van der Waals surface area (Å²) in [6.45, 7) is 8.22. The molecule has 0 aliphatic rings. The monoisotopic (exact) mass is 257 g/mol. The number of H-pyrrole nitrogens is 1. The Morgan fingerprint density at radius 2 is 1.84 bits per heavy atom. The van der Waals surface area contributed by atoms with Crippen LogP contribution in [0.25, 0.3) is 0 Å². The van der Waals surface area contributed by atoms with Gasteiger partial charge in [-0.2, -0.15) is 5.10 Å². The molecule has 0 unspecified atom stereocenters. The van der Waals surface area contributed by atoms with Crippen molar-refractivity contribution in [1.82, 2.24) is 10.2 Å². The van der Waals surface area contributed by atoms with E-state index in [9.17, 15) is 4.79 Å².